The summed E-state index contributed by atoms with van der Waals surface area (Å²) in [7, 11) is 0. The van der Waals surface area contributed by atoms with Gasteiger partial charge in [0.2, 0.25) is 47.3 Å². The molecule has 0 heterocycles. The second-order valence-electron chi connectivity index (χ2n) is 17.6. The van der Waals surface area contributed by atoms with Gasteiger partial charge in [0.15, 0.2) is 5.96 Å². The van der Waals surface area contributed by atoms with Gasteiger partial charge in [-0.3, -0.25) is 48.6 Å². The van der Waals surface area contributed by atoms with Gasteiger partial charge in [-0.05, 0) is 82.0 Å². The number of hydrogen-bond donors (Lipinski definition) is 16. The summed E-state index contributed by atoms with van der Waals surface area (Å²) in [4.78, 5) is 120. The number of carbonyl (C=O) groups excluding carboxylic acids is 8. The Hall–Kier alpha value is -6.60. The van der Waals surface area contributed by atoms with Gasteiger partial charge in [0.1, 0.15) is 48.0 Å². The smallest absolute Gasteiger partial charge is 0.305 e. The second kappa shape index (κ2) is 32.3. The molecule has 0 saturated heterocycles. The zero-order valence-electron chi connectivity index (χ0n) is 40.7. The first-order chi connectivity index (χ1) is 32.9. The summed E-state index contributed by atoms with van der Waals surface area (Å²) in [6, 6.07) is -4.63. The third kappa shape index (κ3) is 23.6. The van der Waals surface area contributed by atoms with E-state index in [-0.39, 0.29) is 75.7 Å². The Morgan fingerprint density at radius 3 is 1.59 bits per heavy atom. The van der Waals surface area contributed by atoms with Gasteiger partial charge in [-0.1, -0.05) is 52.7 Å². The summed E-state index contributed by atoms with van der Waals surface area (Å²) in [5.74, 6) is -10.3. The highest BCUT2D eigenvalue weighted by atomic mass is 16.4. The average molecular weight is 993 g/mol. The van der Waals surface area contributed by atoms with Crippen molar-refractivity contribution in [1.29, 1.82) is 5.41 Å². The first-order valence-electron chi connectivity index (χ1n) is 23.4. The van der Waals surface area contributed by atoms with Crippen LogP contribution in [0.1, 0.15) is 104 Å². The van der Waals surface area contributed by atoms with Crippen LogP contribution in [-0.4, -0.2) is 148 Å². The summed E-state index contributed by atoms with van der Waals surface area (Å²) < 4.78 is 0. The van der Waals surface area contributed by atoms with E-state index in [1.807, 2.05) is 20.8 Å². The van der Waals surface area contributed by atoms with Gasteiger partial charge in [0.05, 0.1) is 25.0 Å². The van der Waals surface area contributed by atoms with Crippen molar-refractivity contribution in [2.75, 3.05) is 19.7 Å². The van der Waals surface area contributed by atoms with Crippen LogP contribution < -0.4 is 59.7 Å². The molecule has 0 saturated carbocycles. The molecule has 0 radical (unpaired) electrons. The first kappa shape index (κ1) is 61.4. The molecule has 1 aromatic carbocycles. The molecule has 1 aromatic rings. The number of aromatic hydroxyl groups is 1. The van der Waals surface area contributed by atoms with Crippen LogP contribution in [0.5, 0.6) is 5.75 Å². The number of amides is 8. The van der Waals surface area contributed by atoms with Gasteiger partial charge in [0.25, 0.3) is 0 Å². The third-order valence-electron chi connectivity index (χ3n) is 10.8. The summed E-state index contributed by atoms with van der Waals surface area (Å²) in [5, 5.41) is 67.1. The van der Waals surface area contributed by atoms with Crippen LogP contribution in [0.25, 0.3) is 0 Å². The van der Waals surface area contributed by atoms with Crippen molar-refractivity contribution in [2.24, 2.45) is 29.0 Å². The number of aliphatic carboxylic acids is 1. The van der Waals surface area contributed by atoms with Gasteiger partial charge in [0, 0.05) is 13.0 Å². The number of primary amides is 1. The molecule has 8 amide bonds. The largest absolute Gasteiger partial charge is 0.508 e. The lowest BCUT2D eigenvalue weighted by atomic mass is 10.0. The molecule has 0 aliphatic carbocycles. The Morgan fingerprint density at radius 2 is 1.10 bits per heavy atom. The molecule has 70 heavy (non-hydrogen) atoms. The zero-order valence-corrected chi connectivity index (χ0v) is 40.7. The van der Waals surface area contributed by atoms with Gasteiger partial charge >= 0.3 is 5.97 Å². The minimum Gasteiger partial charge on any atom is -0.508 e. The predicted molar refractivity (Wildman–Crippen MR) is 256 cm³/mol. The summed E-state index contributed by atoms with van der Waals surface area (Å²) in [6.45, 7) is 7.85. The highest BCUT2D eigenvalue weighted by Gasteiger charge is 2.36. The number of rotatable bonds is 34. The number of carbonyl (C=O) groups is 9. The van der Waals surface area contributed by atoms with Gasteiger partial charge in [-0.2, -0.15) is 0 Å². The molecule has 25 heteroatoms. The van der Waals surface area contributed by atoms with E-state index in [2.05, 4.69) is 42.5 Å². The number of guanidine groups is 1. The Balaban J connectivity index is 3.58. The summed E-state index contributed by atoms with van der Waals surface area (Å²) in [6.07, 6.45) is -0.844. The molecule has 394 valence electrons. The number of nitrogens with one attached hydrogen (secondary N) is 9. The van der Waals surface area contributed by atoms with Gasteiger partial charge in [-0.25, -0.2) is 0 Å². The Morgan fingerprint density at radius 1 is 0.629 bits per heavy atom. The summed E-state index contributed by atoms with van der Waals surface area (Å²) >= 11 is 0. The van der Waals surface area contributed by atoms with E-state index in [4.69, 9.17) is 22.6 Å². The number of carboxylic acids is 1. The van der Waals surface area contributed by atoms with Crippen LogP contribution >= 0.6 is 0 Å². The fraction of sp³-hybridized carbons (Fsp3) is 0.644. The Bertz CT molecular complexity index is 1900. The minimum atomic E-state index is -1.90. The maximum Gasteiger partial charge on any atom is 0.305 e. The molecule has 25 nitrogen and oxygen atoms in total. The second-order valence-corrected chi connectivity index (χ2v) is 17.6. The maximum atomic E-state index is 14.2. The van der Waals surface area contributed by atoms with Crippen molar-refractivity contribution in [1.82, 2.24) is 42.5 Å². The van der Waals surface area contributed by atoms with Crippen molar-refractivity contribution in [2.45, 2.75) is 154 Å². The van der Waals surface area contributed by atoms with Crippen LogP contribution in [0.4, 0.5) is 0 Å². The molecule has 9 atom stereocenters. The van der Waals surface area contributed by atoms with Crippen molar-refractivity contribution >= 4 is 59.2 Å². The van der Waals surface area contributed by atoms with E-state index in [1.165, 1.54) is 31.2 Å². The zero-order chi connectivity index (χ0) is 53.1. The lowest BCUT2D eigenvalue weighted by Crippen LogP contribution is -2.61. The van der Waals surface area contributed by atoms with Crippen LogP contribution in [0, 0.1) is 17.2 Å². The standard InChI is InChI=1S/C45H76N12O13/c1-6-7-11-29(51-38(64)25(4)23-58)41(67)57-36(26(5)59)44(70)56-34(22-35(61)62)43(69)52-30(12-8-9-18-46)40(66)55-33(21-27-14-16-28(60)17-15-27)42(68)53-31(13-10-19-50-45(48)49)39(65)54-32(37(47)63)20-24(2)3/h14-17,24-26,29-34,36,58-60H,6-13,18-23,46H2,1-5H3,(H2,47,63)(H,51,64)(H,52,69)(H,53,68)(H,54,65)(H,55,66)(H,56,70)(H,57,67)(H,61,62)(H4,48,49,50)/t25-,26+,29-,30-,31-,32-,33-,34-,36-/m0/s1. The quantitative estimate of drug-likeness (QED) is 0.0185. The van der Waals surface area contributed by atoms with Gasteiger partial charge in [-0.15, -0.1) is 0 Å². The molecule has 1 rings (SSSR count). The number of nitrogens with two attached hydrogens (primary N) is 3. The molecule has 0 bridgehead atoms. The fourth-order valence-electron chi connectivity index (χ4n) is 6.82. The van der Waals surface area contributed by atoms with Crippen LogP contribution in [0.15, 0.2) is 24.3 Å². The topological polar surface area (TPSA) is 433 Å². The van der Waals surface area contributed by atoms with Crippen molar-refractivity contribution in [3.63, 3.8) is 0 Å². The lowest BCUT2D eigenvalue weighted by molar-refractivity contribution is -0.142. The Labute approximate surface area is 407 Å². The normalized spacial score (nSPS) is 14.9. The maximum absolute atomic E-state index is 14.2. The van der Waals surface area contributed by atoms with E-state index < -0.39 is 121 Å². The molecule has 0 aliphatic heterocycles. The number of unbranched alkanes of at least 4 members (excludes halogenated alkanes) is 2. The molecule has 0 spiro atoms. The third-order valence-corrected chi connectivity index (χ3v) is 10.8. The van der Waals surface area contributed by atoms with Crippen LogP contribution in [-0.2, 0) is 49.6 Å². The van der Waals surface area contributed by atoms with Crippen molar-refractivity contribution in [3.05, 3.63) is 29.8 Å². The highest BCUT2D eigenvalue weighted by Crippen LogP contribution is 2.14. The Kier molecular flexibility index (Phi) is 28.3. The van der Waals surface area contributed by atoms with E-state index in [0.29, 0.717) is 24.8 Å². The first-order valence-corrected chi connectivity index (χ1v) is 23.4. The number of carboxylic acid groups (broad SMARTS) is 1. The SMILES string of the molecule is CCCC[C@H](NC(=O)[C@@H](C)CO)C(=O)N[C@H](C(=O)N[C@@H](CC(=O)O)C(=O)N[C@@H](CCCCN)C(=O)N[C@@H](Cc1ccc(O)cc1)C(=O)N[C@@H](CCCNC(=N)N)C(=O)N[C@@H](CC(C)C)C(N)=O)[C@@H](C)O. The van der Waals surface area contributed by atoms with E-state index in [0.717, 1.165) is 6.92 Å². The molecule has 0 aliphatic rings. The molecular weight excluding hydrogens is 917 g/mol. The van der Waals surface area contributed by atoms with Crippen LogP contribution in [0.3, 0.4) is 0 Å². The van der Waals surface area contributed by atoms with E-state index in [1.54, 1.807) is 0 Å². The average Bonchev–Trinajstić information content (AvgIpc) is 3.28. The molecular formula is C45H76N12O13. The highest BCUT2D eigenvalue weighted by molar-refractivity contribution is 5.98. The lowest BCUT2D eigenvalue weighted by Gasteiger charge is -2.28. The van der Waals surface area contributed by atoms with E-state index in [9.17, 15) is 63.6 Å². The number of benzene rings is 1. The predicted octanol–water partition coefficient (Wildman–Crippen LogP) is -3.07. The number of hydrogen-bond acceptors (Lipinski definition) is 14. The molecule has 0 aromatic heterocycles. The van der Waals surface area contributed by atoms with Crippen LogP contribution in [0.2, 0.25) is 0 Å². The van der Waals surface area contributed by atoms with Gasteiger partial charge < -0.3 is 80.2 Å². The number of aliphatic hydroxyl groups excluding tert-OH is 2. The van der Waals surface area contributed by atoms with Crippen molar-refractivity contribution < 1.29 is 63.6 Å². The number of phenolic OH excluding ortho intramolecular Hbond substituents is 1. The fourth-order valence-corrected chi connectivity index (χ4v) is 6.82. The molecule has 0 unspecified atom stereocenters. The summed E-state index contributed by atoms with van der Waals surface area (Å²) in [5.41, 5.74) is 17.1. The van der Waals surface area contributed by atoms with E-state index >= 15 is 0 Å². The number of phenols is 1. The molecule has 19 N–H and O–H groups in total. The van der Waals surface area contributed by atoms with Crippen molar-refractivity contribution in [3.8, 4) is 5.75 Å². The monoisotopic (exact) mass is 993 g/mol. The minimum absolute atomic E-state index is 0.0428. The molecule has 0 fully saturated rings. The number of aliphatic hydroxyl groups is 2.